The predicted octanol–water partition coefficient (Wildman–Crippen LogP) is 2.17. The van der Waals surface area contributed by atoms with Crippen molar-refractivity contribution in [3.8, 4) is 6.07 Å². The molecule has 0 radical (unpaired) electrons. The van der Waals surface area contributed by atoms with Crippen molar-refractivity contribution < 1.29 is 8.78 Å². The molecule has 1 aromatic rings. The van der Waals surface area contributed by atoms with Crippen LogP contribution in [0.5, 0.6) is 0 Å². The predicted molar refractivity (Wildman–Crippen MR) is 44.8 cm³/mol. The first-order valence-corrected chi connectivity index (χ1v) is 3.70. The van der Waals surface area contributed by atoms with Gasteiger partial charge in [0.1, 0.15) is 0 Å². The van der Waals surface area contributed by atoms with Crippen molar-refractivity contribution in [2.24, 2.45) is 0 Å². The maximum absolute atomic E-state index is 12.7. The van der Waals surface area contributed by atoms with Crippen molar-refractivity contribution >= 4 is 5.69 Å². The largest absolute Gasteiger partial charge is 0.398 e. The molecule has 2 nitrogen and oxygen atoms in total. The van der Waals surface area contributed by atoms with E-state index in [1.807, 2.05) is 6.07 Å². The molecule has 0 saturated heterocycles. The third-order valence-corrected chi connectivity index (χ3v) is 1.79. The molecule has 0 aromatic heterocycles. The zero-order valence-corrected chi connectivity index (χ0v) is 7.01. The molecule has 0 aliphatic heterocycles. The first-order valence-electron chi connectivity index (χ1n) is 3.70. The number of nitriles is 1. The second-order valence-corrected chi connectivity index (χ2v) is 2.75. The number of halogens is 2. The van der Waals surface area contributed by atoms with E-state index in [1.165, 1.54) is 0 Å². The average Bonchev–Trinajstić information content (AvgIpc) is 2.10. The highest BCUT2D eigenvalue weighted by Crippen LogP contribution is 2.24. The summed E-state index contributed by atoms with van der Waals surface area (Å²) in [5, 5.41) is 8.55. The fourth-order valence-corrected chi connectivity index (χ4v) is 1.02. The monoisotopic (exact) mass is 182 g/mol. The van der Waals surface area contributed by atoms with Gasteiger partial charge in [-0.2, -0.15) is 5.26 Å². The Bertz CT molecular complexity index is 369. The van der Waals surface area contributed by atoms with Crippen LogP contribution in [0.3, 0.4) is 0 Å². The lowest BCUT2D eigenvalue weighted by atomic mass is 10.0. The number of anilines is 1. The van der Waals surface area contributed by atoms with Gasteiger partial charge in [-0.15, -0.1) is 0 Å². The fourth-order valence-electron chi connectivity index (χ4n) is 1.02. The van der Waals surface area contributed by atoms with E-state index in [1.54, 1.807) is 6.92 Å². The molecule has 4 heteroatoms. The maximum atomic E-state index is 12.7. The van der Waals surface area contributed by atoms with Crippen LogP contribution < -0.4 is 5.73 Å². The molecule has 68 valence electrons. The summed E-state index contributed by atoms with van der Waals surface area (Å²) in [5.41, 5.74) is 5.83. The van der Waals surface area contributed by atoms with Crippen molar-refractivity contribution in [2.45, 2.75) is 12.8 Å². The van der Waals surface area contributed by atoms with Crippen LogP contribution in [-0.2, 0) is 0 Å². The Labute approximate surface area is 74.6 Å². The van der Waals surface area contributed by atoms with Crippen LogP contribution in [0, 0.1) is 23.0 Å². The minimum atomic E-state index is -0.994. The van der Waals surface area contributed by atoms with Gasteiger partial charge in [-0.25, -0.2) is 8.78 Å². The number of hydrogen-bond donors (Lipinski definition) is 1. The summed E-state index contributed by atoms with van der Waals surface area (Å²) in [4.78, 5) is 0. The van der Waals surface area contributed by atoms with Gasteiger partial charge in [0, 0.05) is 11.8 Å². The van der Waals surface area contributed by atoms with E-state index < -0.39 is 17.6 Å². The van der Waals surface area contributed by atoms with Crippen LogP contribution in [0.1, 0.15) is 18.4 Å². The normalized spacial score (nSPS) is 12.2. The van der Waals surface area contributed by atoms with Gasteiger partial charge < -0.3 is 5.73 Å². The minimum absolute atomic E-state index is 0.105. The van der Waals surface area contributed by atoms with Gasteiger partial charge in [0.05, 0.1) is 12.0 Å². The van der Waals surface area contributed by atoms with Crippen LogP contribution in [0.2, 0.25) is 0 Å². The SMILES string of the molecule is CC(C#N)c1cc(F)c(F)cc1N. The molecule has 0 spiro atoms. The number of benzene rings is 1. The van der Waals surface area contributed by atoms with Gasteiger partial charge in [0.15, 0.2) is 11.6 Å². The molecule has 13 heavy (non-hydrogen) atoms. The molecule has 0 amide bonds. The summed E-state index contributed by atoms with van der Waals surface area (Å²) >= 11 is 0. The van der Waals surface area contributed by atoms with Gasteiger partial charge in [0.2, 0.25) is 0 Å². The molecule has 0 heterocycles. The summed E-state index contributed by atoms with van der Waals surface area (Å²) in [7, 11) is 0. The van der Waals surface area contributed by atoms with E-state index >= 15 is 0 Å². The second kappa shape index (κ2) is 3.40. The quantitative estimate of drug-likeness (QED) is 0.676. The molecule has 1 unspecified atom stereocenters. The molecule has 0 bridgehead atoms. The molecule has 1 atom stereocenters. The first kappa shape index (κ1) is 9.46. The summed E-state index contributed by atoms with van der Waals surface area (Å²) in [6, 6.07) is 3.74. The Balaban J connectivity index is 3.25. The molecular formula is C9H8F2N2. The number of nitrogen functional groups attached to an aromatic ring is 1. The van der Waals surface area contributed by atoms with Crippen LogP contribution in [0.15, 0.2) is 12.1 Å². The van der Waals surface area contributed by atoms with Crippen molar-refractivity contribution in [1.29, 1.82) is 5.26 Å². The Kier molecular flexibility index (Phi) is 2.47. The third kappa shape index (κ3) is 1.75. The topological polar surface area (TPSA) is 49.8 Å². The highest BCUT2D eigenvalue weighted by molar-refractivity contribution is 5.50. The summed E-state index contributed by atoms with van der Waals surface area (Å²) in [6.07, 6.45) is 0. The molecular weight excluding hydrogens is 174 g/mol. The fraction of sp³-hybridized carbons (Fsp3) is 0.222. The number of nitrogens with zero attached hydrogens (tertiary/aromatic N) is 1. The van der Waals surface area contributed by atoms with Gasteiger partial charge in [-0.1, -0.05) is 0 Å². The molecule has 0 aliphatic rings. The molecule has 1 aromatic carbocycles. The summed E-state index contributed by atoms with van der Waals surface area (Å²) < 4.78 is 25.3. The molecule has 0 saturated carbocycles. The third-order valence-electron chi connectivity index (χ3n) is 1.79. The average molecular weight is 182 g/mol. The molecule has 0 fully saturated rings. The van der Waals surface area contributed by atoms with Gasteiger partial charge in [-0.05, 0) is 18.6 Å². The Morgan fingerprint density at radius 3 is 2.46 bits per heavy atom. The van der Waals surface area contributed by atoms with Crippen LogP contribution >= 0.6 is 0 Å². The van der Waals surface area contributed by atoms with Crippen molar-refractivity contribution in [2.75, 3.05) is 5.73 Å². The number of rotatable bonds is 1. The summed E-state index contributed by atoms with van der Waals surface area (Å²) in [6.45, 7) is 1.57. The first-order chi connectivity index (χ1) is 6.06. The smallest absolute Gasteiger partial charge is 0.160 e. The zero-order valence-electron chi connectivity index (χ0n) is 7.01. The minimum Gasteiger partial charge on any atom is -0.398 e. The van der Waals surface area contributed by atoms with Crippen LogP contribution in [0.4, 0.5) is 14.5 Å². The van der Waals surface area contributed by atoms with Crippen LogP contribution in [0.25, 0.3) is 0 Å². The lowest BCUT2D eigenvalue weighted by molar-refractivity contribution is 0.507. The summed E-state index contributed by atoms with van der Waals surface area (Å²) in [5.74, 6) is -2.51. The molecule has 1 rings (SSSR count). The zero-order chi connectivity index (χ0) is 10.0. The van der Waals surface area contributed by atoms with E-state index in [0.29, 0.717) is 5.56 Å². The van der Waals surface area contributed by atoms with Gasteiger partial charge in [0.25, 0.3) is 0 Å². The van der Waals surface area contributed by atoms with E-state index in [2.05, 4.69) is 0 Å². The van der Waals surface area contributed by atoms with Gasteiger partial charge in [-0.3, -0.25) is 0 Å². The van der Waals surface area contributed by atoms with Gasteiger partial charge >= 0.3 is 0 Å². The maximum Gasteiger partial charge on any atom is 0.160 e. The lowest BCUT2D eigenvalue weighted by Gasteiger charge is -2.07. The van der Waals surface area contributed by atoms with Crippen LogP contribution in [-0.4, -0.2) is 0 Å². The molecule has 2 N–H and O–H groups in total. The van der Waals surface area contributed by atoms with Crippen molar-refractivity contribution in [1.82, 2.24) is 0 Å². The molecule has 0 aliphatic carbocycles. The van der Waals surface area contributed by atoms with E-state index in [4.69, 9.17) is 11.0 Å². The number of hydrogen-bond acceptors (Lipinski definition) is 2. The second-order valence-electron chi connectivity index (χ2n) is 2.75. The highest BCUT2D eigenvalue weighted by Gasteiger charge is 2.12. The standard InChI is InChI=1S/C9H8F2N2/c1-5(4-12)6-2-7(10)8(11)3-9(6)13/h2-3,5H,13H2,1H3. The van der Waals surface area contributed by atoms with Crippen molar-refractivity contribution in [3.63, 3.8) is 0 Å². The Morgan fingerprint density at radius 2 is 1.92 bits per heavy atom. The highest BCUT2D eigenvalue weighted by atomic mass is 19.2. The van der Waals surface area contributed by atoms with E-state index in [0.717, 1.165) is 12.1 Å². The lowest BCUT2D eigenvalue weighted by Crippen LogP contribution is -2.00. The van der Waals surface area contributed by atoms with E-state index in [-0.39, 0.29) is 5.69 Å². The van der Waals surface area contributed by atoms with E-state index in [9.17, 15) is 8.78 Å². The number of nitrogens with two attached hydrogens (primary N) is 1. The Hall–Kier alpha value is -1.63. The van der Waals surface area contributed by atoms with Crippen molar-refractivity contribution in [3.05, 3.63) is 29.3 Å². The Morgan fingerprint density at radius 1 is 1.38 bits per heavy atom.